The van der Waals surface area contributed by atoms with Gasteiger partial charge < -0.3 is 9.84 Å². The minimum Gasteiger partial charge on any atom is -0.481 e. The third-order valence-electron chi connectivity index (χ3n) is 12.2. The molecule has 338 valence electrons. The van der Waals surface area contributed by atoms with Crippen molar-refractivity contribution < 1.29 is 19.4 Å². The average Bonchev–Trinajstić information content (AvgIpc) is 3.20. The van der Waals surface area contributed by atoms with Gasteiger partial charge in [0, 0.05) is 12.8 Å². The Morgan fingerprint density at radius 2 is 0.579 bits per heavy atom. The van der Waals surface area contributed by atoms with Gasteiger partial charge in [-0.1, -0.05) is 263 Å². The highest BCUT2D eigenvalue weighted by atomic mass is 16.5. The summed E-state index contributed by atoms with van der Waals surface area (Å²) in [6.07, 6.45) is 65.9. The van der Waals surface area contributed by atoms with Gasteiger partial charge in [-0.15, -0.1) is 0 Å². The van der Waals surface area contributed by atoms with E-state index in [0.29, 0.717) is 19.4 Å². The number of rotatable bonds is 50. The molecule has 0 atom stereocenters. The molecule has 1 N–H and O–H groups in total. The number of unbranched alkanes of at least 4 members (excludes halogenated alkanes) is 42. The lowest BCUT2D eigenvalue weighted by Gasteiger charge is -2.06. The van der Waals surface area contributed by atoms with Gasteiger partial charge in [0.1, 0.15) is 0 Å². The van der Waals surface area contributed by atoms with Crippen LogP contribution in [0.2, 0.25) is 0 Å². The van der Waals surface area contributed by atoms with Crippen LogP contribution < -0.4 is 0 Å². The Hall–Kier alpha value is -1.32. The maximum absolute atomic E-state index is 12.0. The number of ether oxygens (including phenoxy) is 1. The summed E-state index contributed by atoms with van der Waals surface area (Å²) in [6.45, 7) is 2.89. The number of hydrogen-bond donors (Lipinski definition) is 1. The molecule has 0 amide bonds. The molecular weight excluding hydrogens is 701 g/mol. The van der Waals surface area contributed by atoms with Gasteiger partial charge in [0.05, 0.1) is 6.61 Å². The Kier molecular flexibility index (Phi) is 49.6. The zero-order chi connectivity index (χ0) is 41.2. The zero-order valence-electron chi connectivity index (χ0n) is 38.8. The summed E-state index contributed by atoms with van der Waals surface area (Å²) in [7, 11) is 0. The molecule has 0 heterocycles. The average molecular weight is 803 g/mol. The Morgan fingerprint density at radius 3 is 0.877 bits per heavy atom. The lowest BCUT2D eigenvalue weighted by Crippen LogP contribution is -2.05. The molecule has 0 saturated heterocycles. The lowest BCUT2D eigenvalue weighted by molar-refractivity contribution is -0.144. The largest absolute Gasteiger partial charge is 0.481 e. The topological polar surface area (TPSA) is 63.6 Å². The minimum atomic E-state index is -0.651. The maximum atomic E-state index is 12.0. The van der Waals surface area contributed by atoms with E-state index in [1.54, 1.807) is 0 Å². The number of carboxylic acids is 1. The molecule has 4 nitrogen and oxygen atoms in total. The van der Waals surface area contributed by atoms with Crippen LogP contribution in [0.5, 0.6) is 0 Å². The fraction of sp³-hybridized carbons (Fsp3) is 0.925. The van der Waals surface area contributed by atoms with Gasteiger partial charge >= 0.3 is 11.9 Å². The Morgan fingerprint density at radius 1 is 0.333 bits per heavy atom. The van der Waals surface area contributed by atoms with Crippen molar-refractivity contribution in [3.63, 3.8) is 0 Å². The number of esters is 1. The highest BCUT2D eigenvalue weighted by molar-refractivity contribution is 5.69. The van der Waals surface area contributed by atoms with Crippen molar-refractivity contribution in [3.8, 4) is 0 Å². The molecule has 0 spiro atoms. The van der Waals surface area contributed by atoms with Gasteiger partial charge in [-0.25, -0.2) is 0 Å². The molecule has 0 radical (unpaired) electrons. The van der Waals surface area contributed by atoms with Crippen molar-refractivity contribution in [2.75, 3.05) is 6.61 Å². The van der Waals surface area contributed by atoms with E-state index in [2.05, 4.69) is 19.1 Å². The Balaban J connectivity index is 3.14. The number of carboxylic acid groups (broad SMARTS) is 1. The van der Waals surface area contributed by atoms with Gasteiger partial charge in [0.25, 0.3) is 0 Å². The zero-order valence-corrected chi connectivity index (χ0v) is 38.8. The molecule has 0 aliphatic carbocycles. The smallest absolute Gasteiger partial charge is 0.305 e. The van der Waals surface area contributed by atoms with Gasteiger partial charge in [0.2, 0.25) is 0 Å². The number of carbonyl (C=O) groups is 2. The van der Waals surface area contributed by atoms with Crippen LogP contribution in [-0.2, 0) is 14.3 Å². The van der Waals surface area contributed by atoms with Gasteiger partial charge in [-0.3, -0.25) is 9.59 Å². The number of aliphatic carboxylic acids is 1. The highest BCUT2D eigenvalue weighted by Crippen LogP contribution is 2.18. The predicted molar refractivity (Wildman–Crippen MR) is 250 cm³/mol. The van der Waals surface area contributed by atoms with Crippen LogP contribution in [0.25, 0.3) is 0 Å². The Bertz CT molecular complexity index is 807. The second kappa shape index (κ2) is 50.8. The summed E-state index contributed by atoms with van der Waals surface area (Å²) in [5, 5.41) is 8.67. The normalized spacial score (nSPS) is 11.6. The summed E-state index contributed by atoms with van der Waals surface area (Å²) in [4.78, 5) is 22.5. The predicted octanol–water partition coefficient (Wildman–Crippen LogP) is 18.5. The quantitative estimate of drug-likeness (QED) is 0.0378. The third kappa shape index (κ3) is 52.7. The first-order chi connectivity index (χ1) is 28.2. The molecule has 0 rings (SSSR count). The summed E-state index contributed by atoms with van der Waals surface area (Å²) in [6, 6.07) is 0. The molecule has 57 heavy (non-hydrogen) atoms. The molecule has 0 aliphatic rings. The molecule has 0 aromatic carbocycles. The summed E-state index contributed by atoms with van der Waals surface area (Å²) < 4.78 is 5.47. The van der Waals surface area contributed by atoms with E-state index in [0.717, 1.165) is 32.1 Å². The van der Waals surface area contributed by atoms with Crippen LogP contribution in [0.15, 0.2) is 12.2 Å². The van der Waals surface area contributed by atoms with Crippen molar-refractivity contribution in [3.05, 3.63) is 12.2 Å². The molecule has 0 aromatic rings. The molecular formula is C53H102O4. The number of hydrogen-bond acceptors (Lipinski definition) is 3. The fourth-order valence-electron chi connectivity index (χ4n) is 8.28. The first-order valence-corrected chi connectivity index (χ1v) is 26.2. The van der Waals surface area contributed by atoms with Crippen LogP contribution in [0.1, 0.15) is 309 Å². The van der Waals surface area contributed by atoms with Crippen molar-refractivity contribution in [1.82, 2.24) is 0 Å². The summed E-state index contributed by atoms with van der Waals surface area (Å²) in [5.41, 5.74) is 0. The second-order valence-electron chi connectivity index (χ2n) is 18.0. The Labute approximate surface area is 357 Å². The third-order valence-corrected chi connectivity index (χ3v) is 12.2. The van der Waals surface area contributed by atoms with E-state index in [1.807, 2.05) is 0 Å². The number of allylic oxidation sites excluding steroid dienone is 2. The molecule has 0 fully saturated rings. The van der Waals surface area contributed by atoms with Crippen LogP contribution in [-0.4, -0.2) is 23.7 Å². The maximum Gasteiger partial charge on any atom is 0.305 e. The fourth-order valence-corrected chi connectivity index (χ4v) is 8.28. The van der Waals surface area contributed by atoms with Crippen molar-refractivity contribution in [2.24, 2.45) is 0 Å². The molecule has 0 aliphatic heterocycles. The standard InChI is InChI=1S/C53H102O4/c1-2-3-4-5-6-7-8-31-35-38-41-44-47-50-53(56)57-51-48-45-42-39-36-33-30-28-26-24-22-20-18-16-14-12-10-9-11-13-15-17-19-21-23-25-27-29-32-34-37-40-43-46-49-52(54)55/h7-8H,2-6,9-51H2,1H3,(H,54,55)/b8-7-. The van der Waals surface area contributed by atoms with E-state index < -0.39 is 5.97 Å². The SMILES string of the molecule is CCCCCC/C=C\CCCCCCCC(=O)OCCCCCCCCCCCCCCCCCCCCCCCCCCCCCCCCCCCCC(=O)O. The van der Waals surface area contributed by atoms with Crippen LogP contribution in [0.4, 0.5) is 0 Å². The van der Waals surface area contributed by atoms with Crippen LogP contribution >= 0.6 is 0 Å². The van der Waals surface area contributed by atoms with E-state index in [-0.39, 0.29) is 5.97 Å². The van der Waals surface area contributed by atoms with Crippen LogP contribution in [0.3, 0.4) is 0 Å². The van der Waals surface area contributed by atoms with Crippen molar-refractivity contribution in [1.29, 1.82) is 0 Å². The molecule has 0 unspecified atom stereocenters. The summed E-state index contributed by atoms with van der Waals surface area (Å²) >= 11 is 0. The van der Waals surface area contributed by atoms with Crippen molar-refractivity contribution >= 4 is 11.9 Å². The van der Waals surface area contributed by atoms with Gasteiger partial charge in [0.15, 0.2) is 0 Å². The second-order valence-corrected chi connectivity index (χ2v) is 18.0. The first-order valence-electron chi connectivity index (χ1n) is 26.2. The lowest BCUT2D eigenvalue weighted by atomic mass is 10.0. The van der Waals surface area contributed by atoms with Gasteiger partial charge in [-0.2, -0.15) is 0 Å². The van der Waals surface area contributed by atoms with Gasteiger partial charge in [-0.05, 0) is 44.9 Å². The van der Waals surface area contributed by atoms with Crippen molar-refractivity contribution in [2.45, 2.75) is 309 Å². The van der Waals surface area contributed by atoms with E-state index in [9.17, 15) is 9.59 Å². The molecule has 0 bridgehead atoms. The van der Waals surface area contributed by atoms with E-state index >= 15 is 0 Å². The minimum absolute atomic E-state index is 0.0147. The van der Waals surface area contributed by atoms with E-state index in [4.69, 9.17) is 9.84 Å². The number of carbonyl (C=O) groups excluding carboxylic acids is 1. The monoisotopic (exact) mass is 803 g/mol. The van der Waals surface area contributed by atoms with E-state index in [1.165, 1.54) is 257 Å². The molecule has 4 heteroatoms. The highest BCUT2D eigenvalue weighted by Gasteiger charge is 2.03. The molecule has 0 saturated carbocycles. The summed E-state index contributed by atoms with van der Waals surface area (Å²) in [5.74, 6) is -0.636. The molecule has 0 aromatic heterocycles. The van der Waals surface area contributed by atoms with Crippen LogP contribution in [0, 0.1) is 0 Å². The first kappa shape index (κ1) is 55.7.